The van der Waals surface area contributed by atoms with Gasteiger partial charge in [-0.2, -0.15) is 0 Å². The highest BCUT2D eigenvalue weighted by Crippen LogP contribution is 2.60. The quantitative estimate of drug-likeness (QED) is 0.671. The minimum absolute atomic E-state index is 0.123. The molecule has 4 aliphatic rings. The van der Waals surface area contributed by atoms with E-state index in [0.29, 0.717) is 11.2 Å². The molecule has 4 fully saturated rings. The third-order valence-corrected chi connectivity index (χ3v) is 7.39. The lowest BCUT2D eigenvalue weighted by atomic mass is 9.48. The summed E-state index contributed by atoms with van der Waals surface area (Å²) in [5, 5.41) is 5.54. The van der Waals surface area contributed by atoms with E-state index in [0.717, 1.165) is 23.4 Å². The number of carbonyl (C=O) groups excluding carboxylic acids is 2. The van der Waals surface area contributed by atoms with Gasteiger partial charge in [-0.15, -0.1) is 0 Å². The SMILES string of the molecule is O=C(CCNC(=O)Oc1ccccc1)Nc1ccc(C23CC4CC(CC(C4)C2)C3)cc1. The van der Waals surface area contributed by atoms with Crippen molar-refractivity contribution in [1.82, 2.24) is 5.32 Å². The summed E-state index contributed by atoms with van der Waals surface area (Å²) < 4.78 is 5.15. The van der Waals surface area contributed by atoms with Crippen molar-refractivity contribution < 1.29 is 14.3 Å². The Balaban J connectivity index is 1.10. The van der Waals surface area contributed by atoms with Gasteiger partial charge in [0.05, 0.1) is 0 Å². The van der Waals surface area contributed by atoms with Gasteiger partial charge in [-0.3, -0.25) is 4.79 Å². The third-order valence-electron chi connectivity index (χ3n) is 7.39. The molecular weight excluding hydrogens is 388 g/mol. The van der Waals surface area contributed by atoms with E-state index in [1.807, 2.05) is 18.2 Å². The van der Waals surface area contributed by atoms with Gasteiger partial charge in [0.1, 0.15) is 5.75 Å². The standard InChI is InChI=1S/C26H30N2O3/c29-24(10-11-27-25(30)31-23-4-2-1-3-5-23)28-22-8-6-21(7-9-22)26-15-18-12-19(16-26)14-20(13-18)17-26/h1-9,18-20H,10-17H2,(H,27,30)(H,28,29). The van der Waals surface area contributed by atoms with Crippen molar-refractivity contribution in [2.75, 3.05) is 11.9 Å². The van der Waals surface area contributed by atoms with Gasteiger partial charge in [-0.25, -0.2) is 4.79 Å². The average molecular weight is 419 g/mol. The van der Waals surface area contributed by atoms with Crippen molar-refractivity contribution in [3.8, 4) is 5.75 Å². The minimum atomic E-state index is -0.557. The first-order chi connectivity index (χ1) is 15.1. The van der Waals surface area contributed by atoms with Crippen molar-refractivity contribution in [2.24, 2.45) is 17.8 Å². The number of hydrogen-bond acceptors (Lipinski definition) is 3. The van der Waals surface area contributed by atoms with Crippen molar-refractivity contribution in [1.29, 1.82) is 0 Å². The lowest BCUT2D eigenvalue weighted by molar-refractivity contribution is -0.116. The molecule has 0 heterocycles. The van der Waals surface area contributed by atoms with Gasteiger partial charge in [-0.1, -0.05) is 30.3 Å². The number of rotatable bonds is 6. The number of para-hydroxylation sites is 1. The van der Waals surface area contributed by atoms with Gasteiger partial charge in [-0.05, 0) is 91.5 Å². The predicted octanol–water partition coefficient (Wildman–Crippen LogP) is 5.27. The van der Waals surface area contributed by atoms with E-state index < -0.39 is 6.09 Å². The predicted molar refractivity (Wildman–Crippen MR) is 120 cm³/mol. The number of amides is 2. The maximum Gasteiger partial charge on any atom is 0.412 e. The monoisotopic (exact) mass is 418 g/mol. The van der Waals surface area contributed by atoms with Crippen LogP contribution in [0.5, 0.6) is 5.75 Å². The molecule has 0 radical (unpaired) electrons. The molecule has 0 saturated heterocycles. The summed E-state index contributed by atoms with van der Waals surface area (Å²) in [6, 6.07) is 17.4. The molecule has 4 saturated carbocycles. The molecular formula is C26H30N2O3. The third kappa shape index (κ3) is 4.46. The molecule has 0 atom stereocenters. The number of carbonyl (C=O) groups is 2. The van der Waals surface area contributed by atoms with Crippen LogP contribution in [0.2, 0.25) is 0 Å². The van der Waals surface area contributed by atoms with Gasteiger partial charge in [0.15, 0.2) is 0 Å². The first kappa shape index (κ1) is 20.1. The zero-order chi connectivity index (χ0) is 21.3. The molecule has 2 aromatic rings. The van der Waals surface area contributed by atoms with Crippen LogP contribution < -0.4 is 15.4 Å². The molecule has 2 N–H and O–H groups in total. The van der Waals surface area contributed by atoms with Gasteiger partial charge in [0, 0.05) is 18.7 Å². The second kappa shape index (κ2) is 8.37. The number of nitrogens with one attached hydrogen (secondary N) is 2. The second-order valence-corrected chi connectivity index (χ2v) is 9.70. The maximum absolute atomic E-state index is 12.3. The Morgan fingerprint density at radius 3 is 2.10 bits per heavy atom. The number of benzene rings is 2. The zero-order valence-electron chi connectivity index (χ0n) is 17.8. The summed E-state index contributed by atoms with van der Waals surface area (Å²) in [5.41, 5.74) is 2.64. The molecule has 2 aromatic carbocycles. The molecule has 6 rings (SSSR count). The summed E-state index contributed by atoms with van der Waals surface area (Å²) in [4.78, 5) is 24.0. The fraction of sp³-hybridized carbons (Fsp3) is 0.462. The Morgan fingerprint density at radius 1 is 0.871 bits per heavy atom. The van der Waals surface area contributed by atoms with Crippen LogP contribution in [0.3, 0.4) is 0 Å². The fourth-order valence-electron chi connectivity index (χ4n) is 6.50. The van der Waals surface area contributed by atoms with E-state index >= 15 is 0 Å². The molecule has 0 aromatic heterocycles. The van der Waals surface area contributed by atoms with E-state index in [1.165, 1.54) is 44.1 Å². The fourth-order valence-corrected chi connectivity index (χ4v) is 6.50. The van der Waals surface area contributed by atoms with Crippen LogP contribution in [0.25, 0.3) is 0 Å². The first-order valence-corrected chi connectivity index (χ1v) is 11.5. The normalized spacial score (nSPS) is 28.2. The van der Waals surface area contributed by atoms with Crippen molar-refractivity contribution in [3.63, 3.8) is 0 Å². The first-order valence-electron chi connectivity index (χ1n) is 11.5. The minimum Gasteiger partial charge on any atom is -0.410 e. The Bertz CT molecular complexity index is 904. The topological polar surface area (TPSA) is 67.4 Å². The lowest BCUT2D eigenvalue weighted by Crippen LogP contribution is -2.48. The molecule has 5 nitrogen and oxygen atoms in total. The molecule has 162 valence electrons. The van der Waals surface area contributed by atoms with Crippen molar-refractivity contribution in [2.45, 2.75) is 50.4 Å². The highest BCUT2D eigenvalue weighted by atomic mass is 16.6. The second-order valence-electron chi connectivity index (χ2n) is 9.70. The average Bonchev–Trinajstić information content (AvgIpc) is 2.74. The van der Waals surface area contributed by atoms with Gasteiger partial charge < -0.3 is 15.4 Å². The molecule has 5 heteroatoms. The highest BCUT2D eigenvalue weighted by Gasteiger charge is 2.51. The Hall–Kier alpha value is -2.82. The lowest BCUT2D eigenvalue weighted by Gasteiger charge is -2.57. The van der Waals surface area contributed by atoms with Crippen LogP contribution >= 0.6 is 0 Å². The van der Waals surface area contributed by atoms with E-state index in [-0.39, 0.29) is 18.9 Å². The van der Waals surface area contributed by atoms with Gasteiger partial charge in [0.25, 0.3) is 0 Å². The molecule has 4 bridgehead atoms. The van der Waals surface area contributed by atoms with Crippen LogP contribution in [0.4, 0.5) is 10.5 Å². The Labute approximate surface area is 183 Å². The molecule has 31 heavy (non-hydrogen) atoms. The van der Waals surface area contributed by atoms with Crippen molar-refractivity contribution in [3.05, 3.63) is 60.2 Å². The zero-order valence-corrected chi connectivity index (χ0v) is 17.8. The highest BCUT2D eigenvalue weighted by molar-refractivity contribution is 5.91. The Morgan fingerprint density at radius 2 is 1.48 bits per heavy atom. The van der Waals surface area contributed by atoms with Crippen LogP contribution in [0, 0.1) is 17.8 Å². The largest absolute Gasteiger partial charge is 0.412 e. The van der Waals surface area contributed by atoms with Crippen molar-refractivity contribution >= 4 is 17.7 Å². The summed E-state index contributed by atoms with van der Waals surface area (Å²) >= 11 is 0. The molecule has 0 spiro atoms. The number of ether oxygens (including phenoxy) is 1. The molecule has 4 aliphatic carbocycles. The number of anilines is 1. The van der Waals surface area contributed by atoms with E-state index in [4.69, 9.17) is 4.74 Å². The van der Waals surface area contributed by atoms with Crippen LogP contribution in [0.15, 0.2) is 54.6 Å². The van der Waals surface area contributed by atoms with E-state index in [1.54, 1.807) is 24.3 Å². The van der Waals surface area contributed by atoms with E-state index in [9.17, 15) is 9.59 Å². The summed E-state index contributed by atoms with van der Waals surface area (Å²) in [7, 11) is 0. The Kier molecular flexibility index (Phi) is 5.43. The smallest absolute Gasteiger partial charge is 0.410 e. The van der Waals surface area contributed by atoms with Crippen LogP contribution in [-0.4, -0.2) is 18.5 Å². The van der Waals surface area contributed by atoms with E-state index in [2.05, 4.69) is 22.8 Å². The van der Waals surface area contributed by atoms with Gasteiger partial charge in [0.2, 0.25) is 5.91 Å². The van der Waals surface area contributed by atoms with Crippen LogP contribution in [0.1, 0.15) is 50.5 Å². The molecule has 0 unspecified atom stereocenters. The number of hydrogen-bond donors (Lipinski definition) is 2. The molecule has 2 amide bonds. The molecule has 0 aliphatic heterocycles. The maximum atomic E-state index is 12.3. The summed E-state index contributed by atoms with van der Waals surface area (Å²) in [5.74, 6) is 3.12. The van der Waals surface area contributed by atoms with Crippen LogP contribution in [-0.2, 0) is 10.2 Å². The van der Waals surface area contributed by atoms with Gasteiger partial charge >= 0.3 is 6.09 Å². The summed E-state index contributed by atoms with van der Waals surface area (Å²) in [6.45, 7) is 0.225. The summed E-state index contributed by atoms with van der Waals surface area (Å²) in [6.07, 6.45) is 8.00.